The third-order valence-corrected chi connectivity index (χ3v) is 7.35. The van der Waals surface area contributed by atoms with Crippen molar-refractivity contribution in [3.63, 3.8) is 0 Å². The third kappa shape index (κ3) is 5.84. The minimum Gasteiger partial charge on any atom is -0.452 e. The van der Waals surface area contributed by atoms with E-state index < -0.39 is 22.6 Å². The van der Waals surface area contributed by atoms with E-state index in [-0.39, 0.29) is 21.4 Å². The smallest absolute Gasteiger partial charge is 0.340 e. The summed E-state index contributed by atoms with van der Waals surface area (Å²) >= 11 is 6.11. The molecule has 3 rings (SSSR count). The van der Waals surface area contributed by atoms with E-state index in [1.165, 1.54) is 27.4 Å². The van der Waals surface area contributed by atoms with Gasteiger partial charge in [0.05, 0.1) is 15.5 Å². The van der Waals surface area contributed by atoms with Gasteiger partial charge >= 0.3 is 5.97 Å². The Bertz CT molecular complexity index is 1040. The molecule has 0 aromatic heterocycles. The maximum Gasteiger partial charge on any atom is 0.340 e. The minimum absolute atomic E-state index is 0.0155. The lowest BCUT2D eigenvalue weighted by Gasteiger charge is -2.26. The Morgan fingerprint density at radius 1 is 1.06 bits per heavy atom. The molecule has 2 aromatic carbocycles. The summed E-state index contributed by atoms with van der Waals surface area (Å²) in [5.41, 5.74) is 0.863. The number of hydrogen-bond donors (Lipinski definition) is 0. The molecule has 0 spiro atoms. The van der Waals surface area contributed by atoms with Gasteiger partial charge in [0, 0.05) is 26.7 Å². The second kappa shape index (κ2) is 10.3. The van der Waals surface area contributed by atoms with E-state index in [4.69, 9.17) is 16.3 Å². The van der Waals surface area contributed by atoms with Gasteiger partial charge in [-0.15, -0.1) is 0 Å². The fourth-order valence-electron chi connectivity index (χ4n) is 3.34. The van der Waals surface area contributed by atoms with Gasteiger partial charge in [-0.05, 0) is 36.6 Å². The first-order chi connectivity index (χ1) is 14.8. The molecule has 31 heavy (non-hydrogen) atoms. The van der Waals surface area contributed by atoms with Crippen LogP contribution in [0.15, 0.2) is 53.4 Å². The van der Waals surface area contributed by atoms with Crippen molar-refractivity contribution in [1.29, 1.82) is 0 Å². The number of amides is 1. The van der Waals surface area contributed by atoms with E-state index in [2.05, 4.69) is 0 Å². The molecule has 1 saturated heterocycles. The average Bonchev–Trinajstić information content (AvgIpc) is 2.78. The van der Waals surface area contributed by atoms with Crippen LogP contribution in [0, 0.1) is 0 Å². The number of ether oxygens (including phenoxy) is 1. The number of rotatable bonds is 7. The number of carbonyl (C=O) groups is 2. The Morgan fingerprint density at radius 3 is 2.42 bits per heavy atom. The molecule has 1 aliphatic heterocycles. The summed E-state index contributed by atoms with van der Waals surface area (Å²) in [6, 6.07) is 13.4. The van der Waals surface area contributed by atoms with Crippen LogP contribution in [0.4, 0.5) is 0 Å². The lowest BCUT2D eigenvalue weighted by Crippen LogP contribution is -2.35. The van der Waals surface area contributed by atoms with E-state index in [0.29, 0.717) is 19.6 Å². The van der Waals surface area contributed by atoms with Crippen LogP contribution in [0.2, 0.25) is 5.02 Å². The summed E-state index contributed by atoms with van der Waals surface area (Å²) in [4.78, 5) is 26.3. The van der Waals surface area contributed by atoms with E-state index in [1.807, 2.05) is 30.3 Å². The summed E-state index contributed by atoms with van der Waals surface area (Å²) in [5.74, 6) is -1.23. The number of halogens is 1. The first-order valence-corrected chi connectivity index (χ1v) is 11.9. The summed E-state index contributed by atoms with van der Waals surface area (Å²) < 4.78 is 32.3. The third-order valence-electron chi connectivity index (χ3n) is 5.13. The van der Waals surface area contributed by atoms with Crippen LogP contribution in [-0.4, -0.2) is 56.2 Å². The molecular weight excluding hydrogens is 440 g/mol. The highest BCUT2D eigenvalue weighted by Gasteiger charge is 2.27. The molecule has 1 heterocycles. The summed E-state index contributed by atoms with van der Waals surface area (Å²) in [7, 11) is -2.11. The molecule has 0 unspecified atom stereocenters. The molecule has 1 aliphatic rings. The zero-order valence-corrected chi connectivity index (χ0v) is 18.9. The second-order valence-electron chi connectivity index (χ2n) is 7.42. The molecule has 0 radical (unpaired) electrons. The molecule has 1 fully saturated rings. The Hall–Kier alpha value is -2.42. The number of piperidine rings is 1. The molecule has 0 bridgehead atoms. The molecule has 0 N–H and O–H groups in total. The average molecular weight is 465 g/mol. The van der Waals surface area contributed by atoms with Crippen molar-refractivity contribution < 1.29 is 22.7 Å². The van der Waals surface area contributed by atoms with Crippen LogP contribution in [0.25, 0.3) is 0 Å². The van der Waals surface area contributed by atoms with Crippen LogP contribution >= 0.6 is 11.6 Å². The van der Waals surface area contributed by atoms with E-state index in [1.54, 1.807) is 7.05 Å². The number of hydrogen-bond acceptors (Lipinski definition) is 5. The summed E-state index contributed by atoms with van der Waals surface area (Å²) in [6.07, 6.45) is 2.61. The van der Waals surface area contributed by atoms with Gasteiger partial charge in [-0.2, -0.15) is 4.31 Å². The summed E-state index contributed by atoms with van der Waals surface area (Å²) in [5, 5.41) is 0.0627. The standard InChI is InChI=1S/C22H25ClN2O5S/c1-24(15-17-8-4-2-5-9-17)21(26)16-30-22(27)19-14-18(10-11-20(19)23)31(28,29)25-12-6-3-7-13-25/h2,4-5,8-11,14H,3,6-7,12-13,15-16H2,1H3. The quantitative estimate of drug-likeness (QED) is 0.587. The van der Waals surface area contributed by atoms with Crippen molar-refractivity contribution >= 4 is 33.5 Å². The first-order valence-electron chi connectivity index (χ1n) is 10.0. The summed E-state index contributed by atoms with van der Waals surface area (Å²) in [6.45, 7) is 0.809. The highest BCUT2D eigenvalue weighted by Crippen LogP contribution is 2.25. The molecule has 0 saturated carbocycles. The van der Waals surface area contributed by atoms with E-state index in [9.17, 15) is 18.0 Å². The predicted molar refractivity (Wildman–Crippen MR) is 117 cm³/mol. The number of carbonyl (C=O) groups excluding carboxylic acids is 2. The molecule has 9 heteroatoms. The minimum atomic E-state index is -3.72. The van der Waals surface area contributed by atoms with Gasteiger partial charge < -0.3 is 9.64 Å². The van der Waals surface area contributed by atoms with Crippen LogP contribution in [0.3, 0.4) is 0 Å². The largest absolute Gasteiger partial charge is 0.452 e. The number of sulfonamides is 1. The number of nitrogens with zero attached hydrogens (tertiary/aromatic N) is 2. The normalized spacial score (nSPS) is 14.8. The maximum atomic E-state index is 12.9. The molecule has 0 aliphatic carbocycles. The van der Waals surface area contributed by atoms with Crippen molar-refractivity contribution in [3.05, 3.63) is 64.7 Å². The molecular formula is C22H25ClN2O5S. The SMILES string of the molecule is CN(Cc1ccccc1)C(=O)COC(=O)c1cc(S(=O)(=O)N2CCCCC2)ccc1Cl. The lowest BCUT2D eigenvalue weighted by atomic mass is 10.2. The topological polar surface area (TPSA) is 84.0 Å². The first kappa shape index (κ1) is 23.2. The maximum absolute atomic E-state index is 12.9. The zero-order valence-electron chi connectivity index (χ0n) is 17.3. The van der Waals surface area contributed by atoms with Gasteiger partial charge in [0.2, 0.25) is 10.0 Å². The van der Waals surface area contributed by atoms with Crippen LogP contribution in [-0.2, 0) is 26.1 Å². The molecule has 166 valence electrons. The van der Waals surface area contributed by atoms with Crippen molar-refractivity contribution in [3.8, 4) is 0 Å². The second-order valence-corrected chi connectivity index (χ2v) is 9.76. The Kier molecular flexibility index (Phi) is 7.69. The number of likely N-dealkylation sites (N-methyl/N-ethyl adjacent to an activating group) is 1. The van der Waals surface area contributed by atoms with Crippen molar-refractivity contribution in [1.82, 2.24) is 9.21 Å². The number of esters is 1. The van der Waals surface area contributed by atoms with Crippen LogP contribution < -0.4 is 0 Å². The monoisotopic (exact) mass is 464 g/mol. The predicted octanol–water partition coefficient (Wildman–Crippen LogP) is 3.33. The molecule has 7 nitrogen and oxygen atoms in total. The van der Waals surface area contributed by atoms with Crippen molar-refractivity contribution in [2.24, 2.45) is 0 Å². The highest BCUT2D eigenvalue weighted by molar-refractivity contribution is 7.89. The van der Waals surface area contributed by atoms with Gasteiger partial charge in [-0.3, -0.25) is 4.79 Å². The van der Waals surface area contributed by atoms with E-state index >= 15 is 0 Å². The Balaban J connectivity index is 1.66. The van der Waals surface area contributed by atoms with Gasteiger partial charge in [-0.1, -0.05) is 48.4 Å². The van der Waals surface area contributed by atoms with Gasteiger partial charge in [0.15, 0.2) is 6.61 Å². The number of benzene rings is 2. The lowest BCUT2D eigenvalue weighted by molar-refractivity contribution is -0.133. The van der Waals surface area contributed by atoms with Crippen molar-refractivity contribution in [2.75, 3.05) is 26.7 Å². The fourth-order valence-corrected chi connectivity index (χ4v) is 5.07. The Labute approximate surface area is 187 Å². The van der Waals surface area contributed by atoms with Gasteiger partial charge in [0.1, 0.15) is 0 Å². The Morgan fingerprint density at radius 2 is 1.74 bits per heavy atom. The van der Waals surface area contributed by atoms with Gasteiger partial charge in [-0.25, -0.2) is 13.2 Å². The van der Waals surface area contributed by atoms with Crippen molar-refractivity contribution in [2.45, 2.75) is 30.7 Å². The highest BCUT2D eigenvalue weighted by atomic mass is 35.5. The fraction of sp³-hybridized carbons (Fsp3) is 0.364. The van der Waals surface area contributed by atoms with E-state index in [0.717, 1.165) is 24.8 Å². The van der Waals surface area contributed by atoms with Gasteiger partial charge in [0.25, 0.3) is 5.91 Å². The molecule has 1 amide bonds. The zero-order chi connectivity index (χ0) is 22.4. The van der Waals surface area contributed by atoms with Crippen LogP contribution in [0.5, 0.6) is 0 Å². The molecule has 2 aromatic rings. The van der Waals surface area contributed by atoms with Crippen LogP contribution in [0.1, 0.15) is 35.2 Å². The molecule has 0 atom stereocenters.